The fourth-order valence-corrected chi connectivity index (χ4v) is 2.94. The predicted octanol–water partition coefficient (Wildman–Crippen LogP) is 4.34. The molecule has 0 amide bonds. The van der Waals surface area contributed by atoms with E-state index in [1.165, 1.54) is 18.4 Å². The zero-order valence-electron chi connectivity index (χ0n) is 11.7. The van der Waals surface area contributed by atoms with Crippen molar-refractivity contribution in [2.24, 2.45) is 0 Å². The Morgan fingerprint density at radius 3 is 2.95 bits per heavy atom. The van der Waals surface area contributed by atoms with Gasteiger partial charge in [-0.3, -0.25) is 0 Å². The van der Waals surface area contributed by atoms with Crippen LogP contribution in [0.2, 0.25) is 5.02 Å². The maximum absolute atomic E-state index is 6.32. The Bertz CT molecular complexity index is 377. The van der Waals surface area contributed by atoms with Crippen LogP contribution >= 0.6 is 11.6 Å². The van der Waals surface area contributed by atoms with Crippen molar-refractivity contribution >= 4 is 11.6 Å². The Kier molecular flexibility index (Phi) is 6.15. The van der Waals surface area contributed by atoms with Gasteiger partial charge in [-0.1, -0.05) is 36.7 Å². The normalized spacial score (nSPS) is 20.6. The fourth-order valence-electron chi connectivity index (χ4n) is 2.67. The van der Waals surface area contributed by atoms with Crippen LogP contribution in [0.5, 0.6) is 0 Å². The first-order valence-electron chi connectivity index (χ1n) is 7.40. The van der Waals surface area contributed by atoms with Crippen molar-refractivity contribution in [3.05, 3.63) is 34.9 Å². The standard InChI is InChI=1S/C16H24ClNO/c1-2-11-18-16(10-9-13-6-5-12-19-13)14-7-3-4-8-15(14)17/h3-4,7-8,13,16,18H,2,5-6,9-12H2,1H3. The molecule has 0 saturated carbocycles. The van der Waals surface area contributed by atoms with Crippen molar-refractivity contribution in [2.45, 2.75) is 51.2 Å². The molecule has 1 fully saturated rings. The van der Waals surface area contributed by atoms with E-state index in [0.29, 0.717) is 12.1 Å². The largest absolute Gasteiger partial charge is 0.378 e. The molecule has 106 valence electrons. The summed E-state index contributed by atoms with van der Waals surface area (Å²) in [6.07, 6.45) is 6.22. The number of nitrogens with one attached hydrogen (secondary N) is 1. The average molecular weight is 282 g/mol. The first-order valence-corrected chi connectivity index (χ1v) is 7.78. The molecule has 19 heavy (non-hydrogen) atoms. The summed E-state index contributed by atoms with van der Waals surface area (Å²) in [6, 6.07) is 8.50. The first kappa shape index (κ1) is 14.8. The predicted molar refractivity (Wildman–Crippen MR) is 80.7 cm³/mol. The fraction of sp³-hybridized carbons (Fsp3) is 0.625. The second-order valence-corrected chi connectivity index (χ2v) is 5.65. The maximum atomic E-state index is 6.32. The van der Waals surface area contributed by atoms with Crippen LogP contribution in [0.25, 0.3) is 0 Å². The van der Waals surface area contributed by atoms with Crippen molar-refractivity contribution in [3.63, 3.8) is 0 Å². The highest BCUT2D eigenvalue weighted by Crippen LogP contribution is 2.28. The number of rotatable bonds is 7. The molecule has 0 aromatic heterocycles. The van der Waals surface area contributed by atoms with E-state index in [0.717, 1.165) is 37.4 Å². The molecule has 1 aliphatic heterocycles. The third kappa shape index (κ3) is 4.48. The van der Waals surface area contributed by atoms with E-state index in [1.54, 1.807) is 0 Å². The molecule has 1 heterocycles. The summed E-state index contributed by atoms with van der Waals surface area (Å²) in [5, 5.41) is 4.47. The van der Waals surface area contributed by atoms with Gasteiger partial charge in [-0.25, -0.2) is 0 Å². The van der Waals surface area contributed by atoms with Crippen molar-refractivity contribution in [3.8, 4) is 0 Å². The Hall–Kier alpha value is -0.570. The minimum atomic E-state index is 0.345. The summed E-state index contributed by atoms with van der Waals surface area (Å²) in [6.45, 7) is 4.15. The highest BCUT2D eigenvalue weighted by molar-refractivity contribution is 6.31. The molecule has 2 unspecified atom stereocenters. The topological polar surface area (TPSA) is 21.3 Å². The van der Waals surface area contributed by atoms with Crippen LogP contribution < -0.4 is 5.32 Å². The lowest BCUT2D eigenvalue weighted by molar-refractivity contribution is 0.0996. The van der Waals surface area contributed by atoms with Gasteiger partial charge < -0.3 is 10.1 Å². The molecule has 3 heteroatoms. The van der Waals surface area contributed by atoms with Gasteiger partial charge >= 0.3 is 0 Å². The second kappa shape index (κ2) is 7.88. The van der Waals surface area contributed by atoms with Gasteiger partial charge in [0.05, 0.1) is 6.10 Å². The molecule has 0 radical (unpaired) electrons. The van der Waals surface area contributed by atoms with Gasteiger partial charge in [-0.05, 0) is 50.3 Å². The van der Waals surface area contributed by atoms with Crippen LogP contribution in [-0.4, -0.2) is 19.3 Å². The van der Waals surface area contributed by atoms with Crippen LogP contribution in [0.1, 0.15) is 50.6 Å². The van der Waals surface area contributed by atoms with E-state index < -0.39 is 0 Å². The molecule has 2 rings (SSSR count). The van der Waals surface area contributed by atoms with Crippen LogP contribution in [0.15, 0.2) is 24.3 Å². The van der Waals surface area contributed by atoms with Crippen molar-refractivity contribution in [2.75, 3.05) is 13.2 Å². The molecule has 2 atom stereocenters. The molecule has 2 nitrogen and oxygen atoms in total. The lowest BCUT2D eigenvalue weighted by Crippen LogP contribution is -2.23. The van der Waals surface area contributed by atoms with E-state index in [-0.39, 0.29) is 0 Å². The number of ether oxygens (including phenoxy) is 1. The zero-order valence-corrected chi connectivity index (χ0v) is 12.5. The molecule has 0 spiro atoms. The quantitative estimate of drug-likeness (QED) is 0.803. The third-order valence-electron chi connectivity index (χ3n) is 3.72. The van der Waals surface area contributed by atoms with E-state index >= 15 is 0 Å². The molecule has 1 N–H and O–H groups in total. The molecule has 1 aliphatic rings. The number of hydrogen-bond donors (Lipinski definition) is 1. The molecule has 1 aromatic carbocycles. The monoisotopic (exact) mass is 281 g/mol. The van der Waals surface area contributed by atoms with E-state index in [1.807, 2.05) is 12.1 Å². The van der Waals surface area contributed by atoms with Crippen LogP contribution in [-0.2, 0) is 4.74 Å². The molecule has 1 aromatic rings. The SMILES string of the molecule is CCCNC(CCC1CCCO1)c1ccccc1Cl. The summed E-state index contributed by atoms with van der Waals surface area (Å²) in [5.74, 6) is 0. The highest BCUT2D eigenvalue weighted by Gasteiger charge is 2.19. The highest BCUT2D eigenvalue weighted by atomic mass is 35.5. The summed E-state index contributed by atoms with van der Waals surface area (Å²) < 4.78 is 5.71. The minimum Gasteiger partial charge on any atom is -0.378 e. The summed E-state index contributed by atoms with van der Waals surface area (Å²) in [5.41, 5.74) is 1.22. The Morgan fingerprint density at radius 1 is 1.42 bits per heavy atom. The zero-order chi connectivity index (χ0) is 13.5. The Balaban J connectivity index is 1.96. The molecule has 0 aliphatic carbocycles. The number of halogens is 1. The smallest absolute Gasteiger partial charge is 0.0576 e. The van der Waals surface area contributed by atoms with Crippen LogP contribution in [0, 0.1) is 0 Å². The second-order valence-electron chi connectivity index (χ2n) is 5.24. The van der Waals surface area contributed by atoms with E-state index in [4.69, 9.17) is 16.3 Å². The first-order chi connectivity index (χ1) is 9.31. The van der Waals surface area contributed by atoms with Crippen LogP contribution in [0.4, 0.5) is 0 Å². The van der Waals surface area contributed by atoms with Gasteiger partial charge in [-0.15, -0.1) is 0 Å². The average Bonchev–Trinajstić information content (AvgIpc) is 2.93. The summed E-state index contributed by atoms with van der Waals surface area (Å²) >= 11 is 6.32. The van der Waals surface area contributed by atoms with E-state index in [9.17, 15) is 0 Å². The third-order valence-corrected chi connectivity index (χ3v) is 4.07. The minimum absolute atomic E-state index is 0.345. The summed E-state index contributed by atoms with van der Waals surface area (Å²) in [7, 11) is 0. The van der Waals surface area contributed by atoms with Crippen molar-refractivity contribution < 1.29 is 4.74 Å². The van der Waals surface area contributed by atoms with Crippen LogP contribution in [0.3, 0.4) is 0 Å². The van der Waals surface area contributed by atoms with Gasteiger partial charge in [-0.2, -0.15) is 0 Å². The lowest BCUT2D eigenvalue weighted by atomic mass is 9.99. The van der Waals surface area contributed by atoms with Gasteiger partial charge in [0.2, 0.25) is 0 Å². The Morgan fingerprint density at radius 2 is 2.26 bits per heavy atom. The van der Waals surface area contributed by atoms with Gasteiger partial charge in [0.15, 0.2) is 0 Å². The number of benzene rings is 1. The van der Waals surface area contributed by atoms with Gasteiger partial charge in [0, 0.05) is 17.7 Å². The van der Waals surface area contributed by atoms with Gasteiger partial charge in [0.1, 0.15) is 0 Å². The molecular weight excluding hydrogens is 258 g/mol. The molecule has 0 bridgehead atoms. The lowest BCUT2D eigenvalue weighted by Gasteiger charge is -2.21. The summed E-state index contributed by atoms with van der Waals surface area (Å²) in [4.78, 5) is 0. The Labute approximate surface area is 121 Å². The molecular formula is C16H24ClNO. The number of hydrogen-bond acceptors (Lipinski definition) is 2. The van der Waals surface area contributed by atoms with Crippen molar-refractivity contribution in [1.29, 1.82) is 0 Å². The van der Waals surface area contributed by atoms with E-state index in [2.05, 4.69) is 24.4 Å². The maximum Gasteiger partial charge on any atom is 0.0576 e. The molecule has 1 saturated heterocycles. The van der Waals surface area contributed by atoms with Crippen molar-refractivity contribution in [1.82, 2.24) is 5.32 Å². The van der Waals surface area contributed by atoms with Gasteiger partial charge in [0.25, 0.3) is 0 Å².